The Labute approximate surface area is 129 Å². The third-order valence-electron chi connectivity index (χ3n) is 3.99. The molecule has 0 aliphatic rings. The number of carboxylic acids is 1. The van der Waals surface area contributed by atoms with E-state index in [0.717, 1.165) is 16.5 Å². The lowest BCUT2D eigenvalue weighted by Gasteiger charge is -2.10. The summed E-state index contributed by atoms with van der Waals surface area (Å²) in [5, 5.41) is 10.5. The first kappa shape index (κ1) is 14.4. The van der Waals surface area contributed by atoms with Crippen molar-refractivity contribution < 1.29 is 9.90 Å². The molecule has 0 saturated carbocycles. The molecule has 0 amide bonds. The Hall–Kier alpha value is -2.55. The van der Waals surface area contributed by atoms with Gasteiger partial charge in [0, 0.05) is 17.4 Å². The molecule has 3 rings (SSSR count). The number of fused-ring (bicyclic) bond motifs is 1. The van der Waals surface area contributed by atoms with E-state index in [-0.39, 0.29) is 0 Å². The molecule has 0 aliphatic carbocycles. The molecule has 0 fully saturated rings. The lowest BCUT2D eigenvalue weighted by atomic mass is 10.0. The van der Waals surface area contributed by atoms with Gasteiger partial charge in [0.2, 0.25) is 0 Å². The van der Waals surface area contributed by atoms with Crippen LogP contribution in [0.3, 0.4) is 0 Å². The number of aromatic nitrogens is 1. The zero-order valence-electron chi connectivity index (χ0n) is 12.8. The molecule has 3 nitrogen and oxygen atoms in total. The summed E-state index contributed by atoms with van der Waals surface area (Å²) < 4.78 is 1.87. The van der Waals surface area contributed by atoms with Crippen LogP contribution >= 0.6 is 0 Å². The number of rotatable bonds is 4. The highest BCUT2D eigenvalue weighted by Crippen LogP contribution is 2.25. The summed E-state index contributed by atoms with van der Waals surface area (Å²) in [5.41, 5.74) is 3.61. The SMILES string of the molecule is CC(C)c1ccc2c(c1)cc(C(=O)O)n2Cc1ccccc1. The van der Waals surface area contributed by atoms with Gasteiger partial charge in [-0.15, -0.1) is 0 Å². The molecule has 0 radical (unpaired) electrons. The van der Waals surface area contributed by atoms with Crippen LogP contribution in [-0.4, -0.2) is 15.6 Å². The van der Waals surface area contributed by atoms with Crippen molar-refractivity contribution in [2.24, 2.45) is 0 Å². The molecule has 2 aromatic carbocycles. The smallest absolute Gasteiger partial charge is 0.352 e. The van der Waals surface area contributed by atoms with Gasteiger partial charge in [0.15, 0.2) is 0 Å². The molecule has 3 aromatic rings. The predicted octanol–water partition coefficient (Wildman–Crippen LogP) is 4.51. The highest BCUT2D eigenvalue weighted by molar-refractivity contribution is 5.95. The molecule has 1 aromatic heterocycles. The molecule has 0 unspecified atom stereocenters. The van der Waals surface area contributed by atoms with E-state index >= 15 is 0 Å². The van der Waals surface area contributed by atoms with Gasteiger partial charge in [-0.3, -0.25) is 0 Å². The van der Waals surface area contributed by atoms with Crippen molar-refractivity contribution in [2.45, 2.75) is 26.3 Å². The van der Waals surface area contributed by atoms with Gasteiger partial charge >= 0.3 is 5.97 Å². The van der Waals surface area contributed by atoms with Crippen molar-refractivity contribution >= 4 is 16.9 Å². The molecular weight excluding hydrogens is 274 g/mol. The van der Waals surface area contributed by atoms with Crippen LogP contribution in [0.25, 0.3) is 10.9 Å². The van der Waals surface area contributed by atoms with Gasteiger partial charge in [0.1, 0.15) is 5.69 Å². The first-order valence-electron chi connectivity index (χ1n) is 7.46. The predicted molar refractivity (Wildman–Crippen MR) is 88.5 cm³/mol. The third kappa shape index (κ3) is 2.62. The highest BCUT2D eigenvalue weighted by Gasteiger charge is 2.15. The topological polar surface area (TPSA) is 42.2 Å². The van der Waals surface area contributed by atoms with E-state index in [4.69, 9.17) is 0 Å². The van der Waals surface area contributed by atoms with Crippen molar-refractivity contribution in [1.29, 1.82) is 0 Å². The van der Waals surface area contributed by atoms with Gasteiger partial charge in [-0.25, -0.2) is 4.79 Å². The van der Waals surface area contributed by atoms with Gasteiger partial charge in [-0.1, -0.05) is 50.2 Å². The summed E-state index contributed by atoms with van der Waals surface area (Å²) >= 11 is 0. The molecule has 22 heavy (non-hydrogen) atoms. The summed E-state index contributed by atoms with van der Waals surface area (Å²) in [6, 6.07) is 17.9. The monoisotopic (exact) mass is 293 g/mol. The van der Waals surface area contributed by atoms with Crippen molar-refractivity contribution in [3.8, 4) is 0 Å². The maximum atomic E-state index is 11.6. The van der Waals surface area contributed by atoms with Crippen LogP contribution in [0.15, 0.2) is 54.6 Å². The van der Waals surface area contributed by atoms with Gasteiger partial charge in [-0.2, -0.15) is 0 Å². The number of carbonyl (C=O) groups is 1. The fourth-order valence-corrected chi connectivity index (χ4v) is 2.76. The Balaban J connectivity index is 2.14. The van der Waals surface area contributed by atoms with E-state index in [0.29, 0.717) is 18.2 Å². The van der Waals surface area contributed by atoms with Crippen LogP contribution in [0, 0.1) is 0 Å². The van der Waals surface area contributed by atoms with Gasteiger partial charge in [0.25, 0.3) is 0 Å². The van der Waals surface area contributed by atoms with E-state index in [1.165, 1.54) is 5.56 Å². The molecule has 0 aliphatic heterocycles. The molecule has 0 saturated heterocycles. The fourth-order valence-electron chi connectivity index (χ4n) is 2.76. The van der Waals surface area contributed by atoms with Crippen LogP contribution in [0.4, 0.5) is 0 Å². The normalized spacial score (nSPS) is 11.2. The van der Waals surface area contributed by atoms with Crippen molar-refractivity contribution in [1.82, 2.24) is 4.57 Å². The van der Waals surface area contributed by atoms with Gasteiger partial charge in [0.05, 0.1) is 0 Å². The Bertz CT molecular complexity index is 816. The van der Waals surface area contributed by atoms with Crippen LogP contribution in [0.5, 0.6) is 0 Å². The van der Waals surface area contributed by atoms with Crippen LogP contribution < -0.4 is 0 Å². The highest BCUT2D eigenvalue weighted by atomic mass is 16.4. The number of aromatic carboxylic acids is 1. The second-order valence-electron chi connectivity index (χ2n) is 5.88. The zero-order valence-corrected chi connectivity index (χ0v) is 12.8. The number of carboxylic acid groups (broad SMARTS) is 1. The number of hydrogen-bond acceptors (Lipinski definition) is 1. The maximum absolute atomic E-state index is 11.6. The minimum absolute atomic E-state index is 0.333. The van der Waals surface area contributed by atoms with E-state index < -0.39 is 5.97 Å². The first-order chi connectivity index (χ1) is 10.6. The Morgan fingerprint density at radius 2 is 1.82 bits per heavy atom. The summed E-state index contributed by atoms with van der Waals surface area (Å²) in [6.45, 7) is 4.84. The van der Waals surface area contributed by atoms with E-state index in [1.807, 2.05) is 41.0 Å². The maximum Gasteiger partial charge on any atom is 0.352 e. The number of nitrogens with zero attached hydrogens (tertiary/aromatic N) is 1. The second kappa shape index (κ2) is 5.68. The zero-order chi connectivity index (χ0) is 15.7. The lowest BCUT2D eigenvalue weighted by molar-refractivity contribution is 0.0686. The summed E-state index contributed by atoms with van der Waals surface area (Å²) in [6.07, 6.45) is 0. The minimum atomic E-state index is -0.891. The Kier molecular flexibility index (Phi) is 3.72. The van der Waals surface area contributed by atoms with Crippen molar-refractivity contribution in [3.05, 3.63) is 71.4 Å². The molecule has 1 heterocycles. The largest absolute Gasteiger partial charge is 0.477 e. The molecule has 112 valence electrons. The number of hydrogen-bond donors (Lipinski definition) is 1. The average molecular weight is 293 g/mol. The van der Waals surface area contributed by atoms with Gasteiger partial charge in [-0.05, 0) is 35.2 Å². The summed E-state index contributed by atoms with van der Waals surface area (Å²) in [4.78, 5) is 11.6. The molecule has 0 atom stereocenters. The van der Waals surface area contributed by atoms with Crippen LogP contribution in [0.1, 0.15) is 41.4 Å². The van der Waals surface area contributed by atoms with Gasteiger partial charge < -0.3 is 9.67 Å². The second-order valence-corrected chi connectivity index (χ2v) is 5.88. The first-order valence-corrected chi connectivity index (χ1v) is 7.46. The molecular formula is C19H19NO2. The molecule has 1 N–H and O–H groups in total. The quantitative estimate of drug-likeness (QED) is 0.769. The molecule has 0 spiro atoms. The van der Waals surface area contributed by atoms with E-state index in [9.17, 15) is 9.90 Å². The van der Waals surface area contributed by atoms with Crippen molar-refractivity contribution in [2.75, 3.05) is 0 Å². The van der Waals surface area contributed by atoms with E-state index in [2.05, 4.69) is 26.0 Å². The summed E-state index contributed by atoms with van der Waals surface area (Å²) in [7, 11) is 0. The van der Waals surface area contributed by atoms with Crippen molar-refractivity contribution in [3.63, 3.8) is 0 Å². The minimum Gasteiger partial charge on any atom is -0.477 e. The van der Waals surface area contributed by atoms with E-state index in [1.54, 1.807) is 6.07 Å². The molecule has 0 bridgehead atoms. The Morgan fingerprint density at radius 3 is 2.45 bits per heavy atom. The molecule has 3 heteroatoms. The standard InChI is InChI=1S/C19H19NO2/c1-13(2)15-8-9-17-16(10-15)11-18(19(21)22)20(17)12-14-6-4-3-5-7-14/h3-11,13H,12H2,1-2H3,(H,21,22). The lowest BCUT2D eigenvalue weighted by Crippen LogP contribution is -2.09. The number of benzene rings is 2. The van der Waals surface area contributed by atoms with Crippen LogP contribution in [0.2, 0.25) is 0 Å². The fraction of sp³-hybridized carbons (Fsp3) is 0.211. The average Bonchev–Trinajstić information content (AvgIpc) is 2.86. The summed E-state index contributed by atoms with van der Waals surface area (Å²) in [5.74, 6) is -0.464. The Morgan fingerprint density at radius 1 is 1.09 bits per heavy atom. The van der Waals surface area contributed by atoms with Crippen LogP contribution in [-0.2, 0) is 6.54 Å². The third-order valence-corrected chi connectivity index (χ3v) is 3.99.